The summed E-state index contributed by atoms with van der Waals surface area (Å²) in [5.74, 6) is -0.220. The lowest BCUT2D eigenvalue weighted by Gasteiger charge is -2.07. The van der Waals surface area contributed by atoms with Crippen molar-refractivity contribution in [1.82, 2.24) is 0 Å². The van der Waals surface area contributed by atoms with E-state index in [1.807, 2.05) is 12.1 Å². The average Bonchev–Trinajstić information content (AvgIpc) is 2.95. The number of anilines is 1. The quantitative estimate of drug-likeness (QED) is 0.907. The highest BCUT2D eigenvalue weighted by atomic mass is 16.5. The van der Waals surface area contributed by atoms with Gasteiger partial charge in [0, 0.05) is 5.56 Å². The number of para-hydroxylation sites is 1. The van der Waals surface area contributed by atoms with Crippen LogP contribution >= 0.6 is 0 Å². The van der Waals surface area contributed by atoms with E-state index in [0.717, 1.165) is 11.1 Å². The van der Waals surface area contributed by atoms with E-state index >= 15 is 0 Å². The first kappa shape index (κ1) is 12.4. The number of nitriles is 1. The second kappa shape index (κ2) is 5.16. The molecule has 0 aliphatic carbocycles. The van der Waals surface area contributed by atoms with Gasteiger partial charge < -0.3 is 10.1 Å². The molecule has 2 aromatic rings. The molecule has 0 radical (unpaired) electrons. The van der Waals surface area contributed by atoms with Crippen molar-refractivity contribution in [2.24, 2.45) is 0 Å². The molecule has 0 saturated carbocycles. The van der Waals surface area contributed by atoms with Gasteiger partial charge in [-0.25, -0.2) is 0 Å². The van der Waals surface area contributed by atoms with Gasteiger partial charge in [0.1, 0.15) is 6.07 Å². The van der Waals surface area contributed by atoms with Crippen molar-refractivity contribution < 1.29 is 9.53 Å². The number of rotatable bonds is 2. The number of nitrogens with one attached hydrogen (secondary N) is 1. The number of benzene rings is 2. The minimum atomic E-state index is -0.220. The fraction of sp³-hybridized carbons (Fsp3) is 0.125. The first-order valence-corrected chi connectivity index (χ1v) is 6.28. The highest BCUT2D eigenvalue weighted by Crippen LogP contribution is 2.22. The Bertz CT molecular complexity index is 717. The van der Waals surface area contributed by atoms with Crippen LogP contribution in [0.4, 0.5) is 5.69 Å². The predicted molar refractivity (Wildman–Crippen MR) is 74.0 cm³/mol. The number of hydrogen-bond donors (Lipinski definition) is 1. The van der Waals surface area contributed by atoms with E-state index in [9.17, 15) is 4.79 Å². The van der Waals surface area contributed by atoms with E-state index < -0.39 is 0 Å². The summed E-state index contributed by atoms with van der Waals surface area (Å²) in [4.78, 5) is 12.2. The number of fused-ring (bicyclic) bond motifs is 1. The van der Waals surface area contributed by atoms with Gasteiger partial charge in [-0.1, -0.05) is 18.2 Å². The van der Waals surface area contributed by atoms with Gasteiger partial charge in [0.05, 0.1) is 24.5 Å². The fourth-order valence-electron chi connectivity index (χ4n) is 2.20. The zero-order valence-electron chi connectivity index (χ0n) is 10.7. The molecule has 2 aromatic carbocycles. The first-order valence-electron chi connectivity index (χ1n) is 6.28. The molecule has 0 atom stereocenters. The van der Waals surface area contributed by atoms with E-state index in [1.165, 1.54) is 0 Å². The summed E-state index contributed by atoms with van der Waals surface area (Å²) in [6, 6.07) is 14.5. The number of carbonyl (C=O) groups is 1. The monoisotopic (exact) mass is 264 g/mol. The summed E-state index contributed by atoms with van der Waals surface area (Å²) in [5, 5.41) is 11.8. The number of ether oxygens (including phenoxy) is 1. The summed E-state index contributed by atoms with van der Waals surface area (Å²) >= 11 is 0. The van der Waals surface area contributed by atoms with Crippen LogP contribution in [0.3, 0.4) is 0 Å². The van der Waals surface area contributed by atoms with Crippen molar-refractivity contribution in [3.63, 3.8) is 0 Å². The molecule has 0 fully saturated rings. The van der Waals surface area contributed by atoms with Crippen LogP contribution in [0, 0.1) is 11.3 Å². The average molecular weight is 264 g/mol. The van der Waals surface area contributed by atoms with Crippen molar-refractivity contribution in [3.8, 4) is 6.07 Å². The van der Waals surface area contributed by atoms with E-state index in [2.05, 4.69) is 11.4 Å². The maximum atomic E-state index is 12.2. The van der Waals surface area contributed by atoms with Crippen LogP contribution in [0.5, 0.6) is 0 Å². The highest BCUT2D eigenvalue weighted by Gasteiger charge is 2.15. The Labute approximate surface area is 116 Å². The molecule has 0 unspecified atom stereocenters. The molecule has 1 N–H and O–H groups in total. The Hall–Kier alpha value is -2.64. The van der Waals surface area contributed by atoms with E-state index in [1.54, 1.807) is 30.3 Å². The van der Waals surface area contributed by atoms with Gasteiger partial charge in [-0.3, -0.25) is 4.79 Å². The van der Waals surface area contributed by atoms with Crippen LogP contribution in [0.15, 0.2) is 42.5 Å². The van der Waals surface area contributed by atoms with E-state index in [-0.39, 0.29) is 5.91 Å². The fourth-order valence-corrected chi connectivity index (χ4v) is 2.20. The maximum absolute atomic E-state index is 12.2. The molecule has 1 heterocycles. The summed E-state index contributed by atoms with van der Waals surface area (Å²) < 4.78 is 5.33. The van der Waals surface area contributed by atoms with E-state index in [0.29, 0.717) is 30.0 Å². The van der Waals surface area contributed by atoms with Gasteiger partial charge in [0.25, 0.3) is 5.91 Å². The largest absolute Gasteiger partial charge is 0.372 e. The van der Waals surface area contributed by atoms with Crippen molar-refractivity contribution in [2.45, 2.75) is 13.2 Å². The molecule has 0 aromatic heterocycles. The standard InChI is InChI=1S/C16H12N2O2/c17-8-12-3-1-2-4-15(12)18-16(19)11-5-6-13-9-20-10-14(13)7-11/h1-7H,9-10H2,(H,18,19). The van der Waals surface area contributed by atoms with Crippen molar-refractivity contribution >= 4 is 11.6 Å². The zero-order valence-corrected chi connectivity index (χ0v) is 10.7. The topological polar surface area (TPSA) is 62.1 Å². The lowest BCUT2D eigenvalue weighted by molar-refractivity contribution is 0.102. The lowest BCUT2D eigenvalue weighted by Crippen LogP contribution is -2.13. The van der Waals surface area contributed by atoms with Gasteiger partial charge >= 0.3 is 0 Å². The summed E-state index contributed by atoms with van der Waals surface area (Å²) in [6.07, 6.45) is 0. The van der Waals surface area contributed by atoms with Crippen LogP contribution in [-0.2, 0) is 18.0 Å². The highest BCUT2D eigenvalue weighted by molar-refractivity contribution is 6.05. The van der Waals surface area contributed by atoms with Crippen LogP contribution in [0.2, 0.25) is 0 Å². The molecule has 0 spiro atoms. The van der Waals surface area contributed by atoms with Crippen LogP contribution in [0.25, 0.3) is 0 Å². The third-order valence-corrected chi connectivity index (χ3v) is 3.28. The first-order chi connectivity index (χ1) is 9.78. The molecule has 1 aliphatic heterocycles. The van der Waals surface area contributed by atoms with Gasteiger partial charge in [0.2, 0.25) is 0 Å². The Kier molecular flexibility index (Phi) is 3.20. The van der Waals surface area contributed by atoms with Gasteiger partial charge in [-0.05, 0) is 35.4 Å². The molecule has 20 heavy (non-hydrogen) atoms. The van der Waals surface area contributed by atoms with Crippen molar-refractivity contribution in [1.29, 1.82) is 5.26 Å². The van der Waals surface area contributed by atoms with Gasteiger partial charge in [-0.15, -0.1) is 0 Å². The predicted octanol–water partition coefficient (Wildman–Crippen LogP) is 2.84. The summed E-state index contributed by atoms with van der Waals surface area (Å²) in [5.41, 5.74) is 3.72. The number of amides is 1. The number of hydrogen-bond acceptors (Lipinski definition) is 3. The SMILES string of the molecule is N#Cc1ccccc1NC(=O)c1ccc2c(c1)COC2. The Morgan fingerprint density at radius 3 is 2.80 bits per heavy atom. The second-order valence-corrected chi connectivity index (χ2v) is 4.59. The minimum absolute atomic E-state index is 0.220. The molecule has 0 bridgehead atoms. The molecule has 98 valence electrons. The lowest BCUT2D eigenvalue weighted by atomic mass is 10.1. The van der Waals surface area contributed by atoms with Crippen molar-refractivity contribution in [2.75, 3.05) is 5.32 Å². The Balaban J connectivity index is 1.85. The zero-order chi connectivity index (χ0) is 13.9. The Morgan fingerprint density at radius 1 is 1.15 bits per heavy atom. The van der Waals surface area contributed by atoms with E-state index in [4.69, 9.17) is 10.00 Å². The third-order valence-electron chi connectivity index (χ3n) is 3.28. The number of nitrogens with zero attached hydrogens (tertiary/aromatic N) is 1. The number of carbonyl (C=O) groups excluding carboxylic acids is 1. The smallest absolute Gasteiger partial charge is 0.255 e. The maximum Gasteiger partial charge on any atom is 0.255 e. The van der Waals surface area contributed by atoms with Gasteiger partial charge in [-0.2, -0.15) is 5.26 Å². The molecule has 0 saturated heterocycles. The molecule has 4 nitrogen and oxygen atoms in total. The molecule has 1 amide bonds. The second-order valence-electron chi connectivity index (χ2n) is 4.59. The van der Waals surface area contributed by atoms with Crippen LogP contribution < -0.4 is 5.32 Å². The molecule has 1 aliphatic rings. The van der Waals surface area contributed by atoms with Crippen LogP contribution in [0.1, 0.15) is 27.0 Å². The minimum Gasteiger partial charge on any atom is -0.372 e. The third kappa shape index (κ3) is 2.27. The molecular weight excluding hydrogens is 252 g/mol. The molecule has 4 heteroatoms. The molecule has 3 rings (SSSR count). The summed E-state index contributed by atoms with van der Waals surface area (Å²) in [6.45, 7) is 1.15. The molecular formula is C16H12N2O2. The van der Waals surface area contributed by atoms with Crippen molar-refractivity contribution in [3.05, 3.63) is 64.7 Å². The summed E-state index contributed by atoms with van der Waals surface area (Å²) in [7, 11) is 0. The Morgan fingerprint density at radius 2 is 1.95 bits per heavy atom. The van der Waals surface area contributed by atoms with Crippen LogP contribution in [-0.4, -0.2) is 5.91 Å². The normalized spacial score (nSPS) is 12.6. The van der Waals surface area contributed by atoms with Gasteiger partial charge in [0.15, 0.2) is 0 Å².